The highest BCUT2D eigenvalue weighted by Crippen LogP contribution is 2.16. The van der Waals surface area contributed by atoms with Crippen LogP contribution in [-0.4, -0.2) is 28.5 Å². The molecule has 0 aliphatic rings. The van der Waals surface area contributed by atoms with Gasteiger partial charge in [-0.1, -0.05) is 12.1 Å². The summed E-state index contributed by atoms with van der Waals surface area (Å²) in [5, 5.41) is 7.94. The van der Waals surface area contributed by atoms with Crippen LogP contribution in [0.5, 0.6) is 5.75 Å². The Labute approximate surface area is 130 Å². The number of nitrogens with one attached hydrogen (secondary N) is 1. The third kappa shape index (κ3) is 3.69. The fraction of sp³-hybridized carbons (Fsp3) is 0.214. The van der Waals surface area contributed by atoms with E-state index >= 15 is 0 Å². The zero-order valence-electron chi connectivity index (χ0n) is 11.7. The summed E-state index contributed by atoms with van der Waals surface area (Å²) in [5.74, 6) is 0.381. The fourth-order valence-corrected chi connectivity index (χ4v) is 2.28. The lowest BCUT2D eigenvalue weighted by molar-refractivity contribution is 0.0945. The number of aryl methyl sites for hydroxylation is 1. The average molecular weight is 351 g/mol. The van der Waals surface area contributed by atoms with Gasteiger partial charge in [0.25, 0.3) is 5.91 Å². The van der Waals surface area contributed by atoms with Crippen molar-refractivity contribution in [2.75, 3.05) is 6.61 Å². The second-order valence-electron chi connectivity index (χ2n) is 4.13. The molecule has 1 amide bonds. The maximum absolute atomic E-state index is 12.0. The molecule has 110 valence electrons. The average Bonchev–Trinajstić information content (AvgIpc) is 2.80. The number of para-hydroxylation sites is 1. The lowest BCUT2D eigenvalue weighted by atomic mass is 10.2. The van der Waals surface area contributed by atoms with E-state index in [0.29, 0.717) is 16.8 Å². The molecule has 21 heavy (non-hydrogen) atoms. The Bertz CT molecular complexity index is 647. The molecular formula is C14H15BrN4O2. The molecule has 2 aromatic rings. The first-order valence-electron chi connectivity index (χ1n) is 6.36. The quantitative estimate of drug-likeness (QED) is 0.664. The Morgan fingerprint density at radius 1 is 1.52 bits per heavy atom. The van der Waals surface area contributed by atoms with Crippen molar-refractivity contribution in [3.8, 4) is 5.75 Å². The van der Waals surface area contributed by atoms with Crippen molar-refractivity contribution in [1.82, 2.24) is 15.2 Å². The van der Waals surface area contributed by atoms with Gasteiger partial charge in [0.05, 0.1) is 23.5 Å². The number of carbonyl (C=O) groups excluding carboxylic acids is 1. The zero-order chi connectivity index (χ0) is 15.2. The molecule has 2 rings (SSSR count). The molecule has 0 bridgehead atoms. The summed E-state index contributed by atoms with van der Waals surface area (Å²) in [5.41, 5.74) is 3.67. The first-order valence-corrected chi connectivity index (χ1v) is 7.15. The molecule has 1 N–H and O–H groups in total. The molecule has 1 heterocycles. The van der Waals surface area contributed by atoms with Gasteiger partial charge in [0.15, 0.2) is 0 Å². The van der Waals surface area contributed by atoms with Crippen molar-refractivity contribution >= 4 is 28.1 Å². The monoisotopic (exact) mass is 350 g/mol. The van der Waals surface area contributed by atoms with Crippen molar-refractivity contribution in [1.29, 1.82) is 0 Å². The van der Waals surface area contributed by atoms with E-state index in [9.17, 15) is 4.79 Å². The first kappa shape index (κ1) is 15.2. The Hall–Kier alpha value is -2.15. The van der Waals surface area contributed by atoms with Crippen molar-refractivity contribution in [2.45, 2.75) is 6.92 Å². The van der Waals surface area contributed by atoms with Gasteiger partial charge in [-0.25, -0.2) is 5.43 Å². The summed E-state index contributed by atoms with van der Waals surface area (Å²) < 4.78 is 7.57. The highest BCUT2D eigenvalue weighted by molar-refractivity contribution is 9.10. The van der Waals surface area contributed by atoms with Gasteiger partial charge < -0.3 is 4.74 Å². The molecule has 0 atom stereocenters. The normalized spacial score (nSPS) is 10.8. The van der Waals surface area contributed by atoms with E-state index in [2.05, 4.69) is 31.6 Å². The number of nitrogens with zero attached hydrogens (tertiary/aromatic N) is 3. The van der Waals surface area contributed by atoms with Crippen LogP contribution in [0.3, 0.4) is 0 Å². The molecule has 0 saturated heterocycles. The lowest BCUT2D eigenvalue weighted by Gasteiger charge is -2.06. The largest absolute Gasteiger partial charge is 0.493 e. The predicted molar refractivity (Wildman–Crippen MR) is 83.6 cm³/mol. The molecule has 1 aromatic heterocycles. The molecule has 6 nitrogen and oxygen atoms in total. The van der Waals surface area contributed by atoms with E-state index in [1.54, 1.807) is 19.5 Å². The van der Waals surface area contributed by atoms with Crippen LogP contribution in [-0.2, 0) is 7.05 Å². The molecule has 0 radical (unpaired) electrons. The zero-order valence-corrected chi connectivity index (χ0v) is 13.3. The minimum Gasteiger partial charge on any atom is -0.493 e. The van der Waals surface area contributed by atoms with Gasteiger partial charge in [-0.15, -0.1) is 0 Å². The van der Waals surface area contributed by atoms with Crippen LogP contribution in [0, 0.1) is 0 Å². The van der Waals surface area contributed by atoms with Gasteiger partial charge >= 0.3 is 0 Å². The Morgan fingerprint density at radius 2 is 2.29 bits per heavy atom. The standard InChI is InChI=1S/C14H15BrN4O2/c1-3-21-12-7-5-4-6-10(12)8-16-18-14(20)13-11(15)9-17-19(13)2/h4-9H,3H2,1-2H3,(H,18,20). The molecule has 1 aromatic carbocycles. The second kappa shape index (κ2) is 7.03. The number of rotatable bonds is 5. The maximum Gasteiger partial charge on any atom is 0.290 e. The van der Waals surface area contributed by atoms with Gasteiger partial charge in [-0.2, -0.15) is 10.2 Å². The van der Waals surface area contributed by atoms with Crippen molar-refractivity contribution < 1.29 is 9.53 Å². The highest BCUT2D eigenvalue weighted by Gasteiger charge is 2.14. The Morgan fingerprint density at radius 3 is 2.95 bits per heavy atom. The fourth-order valence-electron chi connectivity index (χ4n) is 1.75. The van der Waals surface area contributed by atoms with Crippen LogP contribution in [0.15, 0.2) is 40.0 Å². The molecule has 0 saturated carbocycles. The van der Waals surface area contributed by atoms with E-state index in [4.69, 9.17) is 4.74 Å². The van der Waals surface area contributed by atoms with Crippen LogP contribution in [0.2, 0.25) is 0 Å². The number of hydrogen-bond acceptors (Lipinski definition) is 4. The molecule has 7 heteroatoms. The number of benzene rings is 1. The van der Waals surface area contributed by atoms with E-state index in [-0.39, 0.29) is 5.91 Å². The first-order chi connectivity index (χ1) is 10.1. The summed E-state index contributed by atoms with van der Waals surface area (Å²) in [6, 6.07) is 7.47. The topological polar surface area (TPSA) is 68.5 Å². The summed E-state index contributed by atoms with van der Waals surface area (Å²) in [7, 11) is 1.69. The molecule has 0 spiro atoms. The maximum atomic E-state index is 12.0. The van der Waals surface area contributed by atoms with E-state index in [1.807, 2.05) is 31.2 Å². The Kier molecular flexibility index (Phi) is 5.10. The second-order valence-corrected chi connectivity index (χ2v) is 4.99. The van der Waals surface area contributed by atoms with Crippen LogP contribution < -0.4 is 10.2 Å². The number of carbonyl (C=O) groups is 1. The van der Waals surface area contributed by atoms with E-state index in [0.717, 1.165) is 11.3 Å². The minimum absolute atomic E-state index is 0.341. The van der Waals surface area contributed by atoms with Crippen LogP contribution in [0.25, 0.3) is 0 Å². The SMILES string of the molecule is CCOc1ccccc1C=NNC(=O)c1c(Br)cnn1C. The number of aromatic nitrogens is 2. The van der Waals surface area contributed by atoms with Gasteiger partial charge in [-0.3, -0.25) is 9.48 Å². The van der Waals surface area contributed by atoms with E-state index in [1.165, 1.54) is 4.68 Å². The molecule has 0 unspecified atom stereocenters. The van der Waals surface area contributed by atoms with Crippen molar-refractivity contribution in [3.05, 3.63) is 46.2 Å². The Balaban J connectivity index is 2.08. The highest BCUT2D eigenvalue weighted by atomic mass is 79.9. The minimum atomic E-state index is -0.341. The van der Waals surface area contributed by atoms with Crippen LogP contribution >= 0.6 is 15.9 Å². The molecular weight excluding hydrogens is 336 g/mol. The smallest absolute Gasteiger partial charge is 0.290 e. The third-order valence-corrected chi connectivity index (χ3v) is 3.28. The van der Waals surface area contributed by atoms with Crippen LogP contribution in [0.1, 0.15) is 23.0 Å². The summed E-state index contributed by atoms with van der Waals surface area (Å²) >= 11 is 3.27. The number of ether oxygens (including phenoxy) is 1. The van der Waals surface area contributed by atoms with E-state index < -0.39 is 0 Å². The van der Waals surface area contributed by atoms with Gasteiger partial charge in [0.2, 0.25) is 0 Å². The number of amides is 1. The third-order valence-electron chi connectivity index (χ3n) is 2.70. The molecule has 0 fully saturated rings. The number of halogens is 1. The summed E-state index contributed by atoms with van der Waals surface area (Å²) in [4.78, 5) is 12.0. The molecule has 0 aliphatic heterocycles. The van der Waals surface area contributed by atoms with Gasteiger partial charge in [0.1, 0.15) is 11.4 Å². The summed E-state index contributed by atoms with van der Waals surface area (Å²) in [6.45, 7) is 2.48. The van der Waals surface area contributed by atoms with Crippen molar-refractivity contribution in [2.24, 2.45) is 12.1 Å². The van der Waals surface area contributed by atoms with Crippen LogP contribution in [0.4, 0.5) is 0 Å². The summed E-state index contributed by atoms with van der Waals surface area (Å²) in [6.07, 6.45) is 3.11. The number of hydrogen-bond donors (Lipinski definition) is 1. The number of hydrazone groups is 1. The predicted octanol–water partition coefficient (Wildman–Crippen LogP) is 2.35. The van der Waals surface area contributed by atoms with Gasteiger partial charge in [-0.05, 0) is 35.0 Å². The van der Waals surface area contributed by atoms with Crippen molar-refractivity contribution in [3.63, 3.8) is 0 Å². The van der Waals surface area contributed by atoms with Gasteiger partial charge in [0, 0.05) is 12.6 Å². The lowest BCUT2D eigenvalue weighted by Crippen LogP contribution is -2.21. The molecule has 0 aliphatic carbocycles.